The second-order valence-electron chi connectivity index (χ2n) is 4.29. The number of methoxy groups -OCH3 is 1. The first kappa shape index (κ1) is 14.3. The van der Waals surface area contributed by atoms with Crippen LogP contribution in [0.15, 0.2) is 12.1 Å². The molecule has 1 rings (SSSR count). The maximum absolute atomic E-state index is 6.12. The van der Waals surface area contributed by atoms with Gasteiger partial charge in [-0.1, -0.05) is 11.6 Å². The maximum Gasteiger partial charge on any atom is 0.122 e. The molecule has 1 aromatic rings. The van der Waals surface area contributed by atoms with Gasteiger partial charge >= 0.3 is 0 Å². The first-order valence-electron chi connectivity index (χ1n) is 5.85. The third-order valence-corrected chi connectivity index (χ3v) is 3.46. The van der Waals surface area contributed by atoms with E-state index in [2.05, 4.69) is 0 Å². The molecule has 0 radical (unpaired) electrons. The van der Waals surface area contributed by atoms with E-state index < -0.39 is 0 Å². The van der Waals surface area contributed by atoms with E-state index in [9.17, 15) is 0 Å². The molecule has 0 fully saturated rings. The SMILES string of the molecule is COc1cc(C)c(Cl)cc1CCC(CN)CN. The van der Waals surface area contributed by atoms with E-state index in [0.29, 0.717) is 19.0 Å². The number of hydrogen-bond donors (Lipinski definition) is 2. The second-order valence-corrected chi connectivity index (χ2v) is 4.70. The molecule has 0 amide bonds. The fourth-order valence-corrected chi connectivity index (χ4v) is 1.96. The fourth-order valence-electron chi connectivity index (χ4n) is 1.77. The van der Waals surface area contributed by atoms with Crippen molar-refractivity contribution in [2.75, 3.05) is 20.2 Å². The number of benzene rings is 1. The molecule has 0 spiro atoms. The number of nitrogens with two attached hydrogens (primary N) is 2. The van der Waals surface area contributed by atoms with Crippen molar-refractivity contribution in [1.29, 1.82) is 0 Å². The predicted molar refractivity (Wildman–Crippen MR) is 72.7 cm³/mol. The summed E-state index contributed by atoms with van der Waals surface area (Å²) >= 11 is 6.12. The summed E-state index contributed by atoms with van der Waals surface area (Å²) in [5.41, 5.74) is 13.4. The number of halogens is 1. The van der Waals surface area contributed by atoms with Gasteiger partial charge in [0.2, 0.25) is 0 Å². The first-order chi connectivity index (χ1) is 8.12. The summed E-state index contributed by atoms with van der Waals surface area (Å²) in [7, 11) is 1.68. The van der Waals surface area contributed by atoms with Gasteiger partial charge in [0.1, 0.15) is 5.75 Å². The summed E-state index contributed by atoms with van der Waals surface area (Å²) in [5, 5.41) is 0.776. The lowest BCUT2D eigenvalue weighted by Gasteiger charge is -2.14. The molecule has 4 heteroatoms. The van der Waals surface area contributed by atoms with E-state index >= 15 is 0 Å². The highest BCUT2D eigenvalue weighted by molar-refractivity contribution is 6.31. The lowest BCUT2D eigenvalue weighted by atomic mass is 9.98. The number of aryl methyl sites for hydroxylation is 2. The Morgan fingerprint density at radius 1 is 1.29 bits per heavy atom. The van der Waals surface area contributed by atoms with E-state index in [0.717, 1.165) is 34.7 Å². The van der Waals surface area contributed by atoms with Crippen LogP contribution in [0.4, 0.5) is 0 Å². The van der Waals surface area contributed by atoms with Crippen LogP contribution in [0.25, 0.3) is 0 Å². The molecule has 1 aromatic carbocycles. The van der Waals surface area contributed by atoms with Crippen molar-refractivity contribution in [3.05, 3.63) is 28.3 Å². The number of ether oxygens (including phenoxy) is 1. The van der Waals surface area contributed by atoms with Gasteiger partial charge < -0.3 is 16.2 Å². The molecule has 96 valence electrons. The van der Waals surface area contributed by atoms with Gasteiger partial charge in [0.25, 0.3) is 0 Å². The molecule has 0 saturated heterocycles. The van der Waals surface area contributed by atoms with E-state index in [4.69, 9.17) is 27.8 Å². The Morgan fingerprint density at radius 3 is 2.47 bits per heavy atom. The molecule has 0 aliphatic rings. The van der Waals surface area contributed by atoms with Gasteiger partial charge in [-0.05, 0) is 62.0 Å². The summed E-state index contributed by atoms with van der Waals surface area (Å²) < 4.78 is 5.36. The van der Waals surface area contributed by atoms with Crippen molar-refractivity contribution < 1.29 is 4.74 Å². The summed E-state index contributed by atoms with van der Waals surface area (Å²) in [6.45, 7) is 3.22. The minimum absolute atomic E-state index is 0.361. The van der Waals surface area contributed by atoms with Gasteiger partial charge in [-0.2, -0.15) is 0 Å². The molecule has 0 bridgehead atoms. The normalized spacial score (nSPS) is 10.9. The summed E-state index contributed by atoms with van der Waals surface area (Å²) in [6, 6.07) is 3.94. The van der Waals surface area contributed by atoms with Crippen molar-refractivity contribution in [2.24, 2.45) is 17.4 Å². The minimum atomic E-state index is 0.361. The molecule has 17 heavy (non-hydrogen) atoms. The monoisotopic (exact) mass is 256 g/mol. The molecule has 4 N–H and O–H groups in total. The molecule has 0 heterocycles. The zero-order valence-electron chi connectivity index (χ0n) is 10.5. The molecular weight excluding hydrogens is 236 g/mol. The number of hydrogen-bond acceptors (Lipinski definition) is 3. The second kappa shape index (κ2) is 6.84. The van der Waals surface area contributed by atoms with Crippen molar-refractivity contribution in [2.45, 2.75) is 19.8 Å². The van der Waals surface area contributed by atoms with Crippen LogP contribution in [-0.4, -0.2) is 20.2 Å². The van der Waals surface area contributed by atoms with Crippen LogP contribution in [-0.2, 0) is 6.42 Å². The van der Waals surface area contributed by atoms with Crippen LogP contribution in [0, 0.1) is 12.8 Å². The van der Waals surface area contributed by atoms with E-state index in [-0.39, 0.29) is 0 Å². The smallest absolute Gasteiger partial charge is 0.122 e. The third kappa shape index (κ3) is 3.87. The van der Waals surface area contributed by atoms with Gasteiger partial charge in [-0.15, -0.1) is 0 Å². The van der Waals surface area contributed by atoms with E-state index in [1.165, 1.54) is 0 Å². The van der Waals surface area contributed by atoms with Crippen LogP contribution >= 0.6 is 11.6 Å². The average molecular weight is 257 g/mol. The standard InChI is InChI=1S/C13H21ClN2O/c1-9-5-13(17-2)11(6-12(9)14)4-3-10(7-15)8-16/h5-6,10H,3-4,7-8,15-16H2,1-2H3. The van der Waals surface area contributed by atoms with Gasteiger partial charge in [-0.3, -0.25) is 0 Å². The maximum atomic E-state index is 6.12. The largest absolute Gasteiger partial charge is 0.496 e. The van der Waals surface area contributed by atoms with Gasteiger partial charge in [0.05, 0.1) is 7.11 Å². The molecule has 0 saturated carbocycles. The summed E-state index contributed by atoms with van der Waals surface area (Å²) in [6.07, 6.45) is 1.85. The average Bonchev–Trinajstić information content (AvgIpc) is 2.34. The van der Waals surface area contributed by atoms with Crippen LogP contribution in [0.5, 0.6) is 5.75 Å². The summed E-state index contributed by atoms with van der Waals surface area (Å²) in [5.74, 6) is 1.25. The molecule has 0 atom stereocenters. The van der Waals surface area contributed by atoms with Crippen molar-refractivity contribution >= 4 is 11.6 Å². The van der Waals surface area contributed by atoms with E-state index in [1.807, 2.05) is 19.1 Å². The van der Waals surface area contributed by atoms with Crippen molar-refractivity contribution in [3.8, 4) is 5.75 Å². The van der Waals surface area contributed by atoms with Crippen molar-refractivity contribution in [3.63, 3.8) is 0 Å². The zero-order chi connectivity index (χ0) is 12.8. The Balaban J connectivity index is 2.79. The van der Waals surface area contributed by atoms with Gasteiger partial charge in [-0.25, -0.2) is 0 Å². The summed E-state index contributed by atoms with van der Waals surface area (Å²) in [4.78, 5) is 0. The topological polar surface area (TPSA) is 61.3 Å². The van der Waals surface area contributed by atoms with Gasteiger partial charge in [0, 0.05) is 5.02 Å². The lowest BCUT2D eigenvalue weighted by molar-refractivity contribution is 0.406. The molecule has 0 aliphatic carbocycles. The Morgan fingerprint density at radius 2 is 1.94 bits per heavy atom. The van der Waals surface area contributed by atoms with Crippen LogP contribution in [0.2, 0.25) is 5.02 Å². The molecule has 0 aliphatic heterocycles. The van der Waals surface area contributed by atoms with Crippen LogP contribution in [0.1, 0.15) is 17.5 Å². The third-order valence-electron chi connectivity index (χ3n) is 3.05. The van der Waals surface area contributed by atoms with Crippen LogP contribution < -0.4 is 16.2 Å². The zero-order valence-corrected chi connectivity index (χ0v) is 11.3. The molecular formula is C13H21ClN2O. The Labute approximate surface area is 108 Å². The Bertz CT molecular complexity index is 365. The fraction of sp³-hybridized carbons (Fsp3) is 0.538. The highest BCUT2D eigenvalue weighted by atomic mass is 35.5. The quantitative estimate of drug-likeness (QED) is 0.820. The minimum Gasteiger partial charge on any atom is -0.496 e. The van der Waals surface area contributed by atoms with E-state index in [1.54, 1.807) is 7.11 Å². The van der Waals surface area contributed by atoms with Crippen LogP contribution in [0.3, 0.4) is 0 Å². The van der Waals surface area contributed by atoms with Gasteiger partial charge in [0.15, 0.2) is 0 Å². The first-order valence-corrected chi connectivity index (χ1v) is 6.23. The molecule has 3 nitrogen and oxygen atoms in total. The number of rotatable bonds is 6. The lowest BCUT2D eigenvalue weighted by Crippen LogP contribution is -2.23. The highest BCUT2D eigenvalue weighted by Crippen LogP contribution is 2.28. The Hall–Kier alpha value is -0.770. The Kier molecular flexibility index (Phi) is 5.75. The van der Waals surface area contributed by atoms with Crippen molar-refractivity contribution in [1.82, 2.24) is 0 Å². The highest BCUT2D eigenvalue weighted by Gasteiger charge is 2.10. The predicted octanol–water partition coefficient (Wildman–Crippen LogP) is 2.12. The molecule has 0 aromatic heterocycles. The molecule has 0 unspecified atom stereocenters.